The van der Waals surface area contributed by atoms with Crippen LogP contribution in [0.2, 0.25) is 0 Å². The second-order valence-electron chi connectivity index (χ2n) is 4.27. The Morgan fingerprint density at radius 2 is 2.20 bits per heavy atom. The minimum absolute atomic E-state index is 0.161. The van der Waals surface area contributed by atoms with Gasteiger partial charge in [-0.05, 0) is 19.9 Å². The SMILES string of the molecule is C/C(=N/NC(=O)Cc1nc(C)cs1)c1ccccc1Br. The molecule has 1 amide bonds. The van der Waals surface area contributed by atoms with Crippen molar-refractivity contribution in [3.05, 3.63) is 50.4 Å². The van der Waals surface area contributed by atoms with Gasteiger partial charge in [0.15, 0.2) is 0 Å². The van der Waals surface area contributed by atoms with Crippen molar-refractivity contribution in [2.45, 2.75) is 20.3 Å². The molecule has 104 valence electrons. The van der Waals surface area contributed by atoms with Crippen molar-refractivity contribution >= 4 is 38.9 Å². The zero-order valence-corrected chi connectivity index (χ0v) is 13.6. The van der Waals surface area contributed by atoms with Crippen LogP contribution in [0.1, 0.15) is 23.2 Å². The van der Waals surface area contributed by atoms with E-state index in [1.165, 1.54) is 11.3 Å². The van der Waals surface area contributed by atoms with E-state index in [2.05, 4.69) is 31.4 Å². The first-order chi connectivity index (χ1) is 9.56. The van der Waals surface area contributed by atoms with Crippen molar-refractivity contribution in [2.24, 2.45) is 5.10 Å². The summed E-state index contributed by atoms with van der Waals surface area (Å²) in [6.07, 6.45) is 0.255. The molecule has 1 aromatic heterocycles. The maximum absolute atomic E-state index is 11.8. The number of aryl methyl sites for hydroxylation is 1. The van der Waals surface area contributed by atoms with Gasteiger partial charge in [0.2, 0.25) is 5.91 Å². The molecule has 1 aromatic carbocycles. The minimum Gasteiger partial charge on any atom is -0.273 e. The fourth-order valence-electron chi connectivity index (χ4n) is 1.62. The first kappa shape index (κ1) is 14.9. The number of rotatable bonds is 4. The number of thiazole rings is 1. The molecule has 0 bridgehead atoms. The van der Waals surface area contributed by atoms with Gasteiger partial charge < -0.3 is 0 Å². The summed E-state index contributed by atoms with van der Waals surface area (Å²) in [4.78, 5) is 16.0. The smallest absolute Gasteiger partial charge is 0.246 e. The third kappa shape index (κ3) is 3.98. The lowest BCUT2D eigenvalue weighted by Gasteiger charge is -2.04. The highest BCUT2D eigenvalue weighted by atomic mass is 79.9. The quantitative estimate of drug-likeness (QED) is 0.678. The molecule has 0 atom stereocenters. The van der Waals surface area contributed by atoms with Gasteiger partial charge in [-0.15, -0.1) is 11.3 Å². The van der Waals surface area contributed by atoms with E-state index in [0.717, 1.165) is 26.4 Å². The van der Waals surface area contributed by atoms with Gasteiger partial charge in [-0.3, -0.25) is 4.79 Å². The number of halogens is 1. The average molecular weight is 352 g/mol. The third-order valence-electron chi connectivity index (χ3n) is 2.59. The van der Waals surface area contributed by atoms with Crippen molar-refractivity contribution in [2.75, 3.05) is 0 Å². The summed E-state index contributed by atoms with van der Waals surface area (Å²) in [5.74, 6) is -0.161. The molecule has 0 saturated heterocycles. The summed E-state index contributed by atoms with van der Waals surface area (Å²) in [5, 5.41) is 6.85. The Balaban J connectivity index is 1.98. The average Bonchev–Trinajstić information content (AvgIpc) is 2.82. The summed E-state index contributed by atoms with van der Waals surface area (Å²) < 4.78 is 0.950. The van der Waals surface area contributed by atoms with Crippen molar-refractivity contribution < 1.29 is 4.79 Å². The number of carbonyl (C=O) groups is 1. The lowest BCUT2D eigenvalue weighted by atomic mass is 10.1. The number of benzene rings is 1. The van der Waals surface area contributed by atoms with E-state index >= 15 is 0 Å². The fraction of sp³-hybridized carbons (Fsp3) is 0.214. The van der Waals surface area contributed by atoms with Crippen molar-refractivity contribution in [3.8, 4) is 0 Å². The monoisotopic (exact) mass is 351 g/mol. The molecule has 2 rings (SSSR count). The molecule has 0 spiro atoms. The Morgan fingerprint density at radius 1 is 1.45 bits per heavy atom. The Bertz CT molecular complexity index is 651. The highest BCUT2D eigenvalue weighted by molar-refractivity contribution is 9.10. The van der Waals surface area contributed by atoms with Crippen LogP contribution in [0, 0.1) is 6.92 Å². The molecule has 0 aliphatic rings. The van der Waals surface area contributed by atoms with E-state index in [1.807, 2.05) is 43.5 Å². The zero-order valence-electron chi connectivity index (χ0n) is 11.2. The fourth-order valence-corrected chi connectivity index (χ4v) is 2.96. The van der Waals surface area contributed by atoms with Crippen LogP contribution in [0.4, 0.5) is 0 Å². The van der Waals surface area contributed by atoms with Gasteiger partial charge in [0.1, 0.15) is 5.01 Å². The molecule has 20 heavy (non-hydrogen) atoms. The number of carbonyl (C=O) groups excluding carboxylic acids is 1. The van der Waals surface area contributed by atoms with Crippen LogP contribution < -0.4 is 5.43 Å². The van der Waals surface area contributed by atoms with Crippen LogP contribution in [0.25, 0.3) is 0 Å². The van der Waals surface area contributed by atoms with Gasteiger partial charge in [-0.1, -0.05) is 34.1 Å². The van der Waals surface area contributed by atoms with Gasteiger partial charge in [0.05, 0.1) is 12.1 Å². The Labute approximate surface area is 130 Å². The second-order valence-corrected chi connectivity index (χ2v) is 6.07. The van der Waals surface area contributed by atoms with Crippen LogP contribution in [0.3, 0.4) is 0 Å². The van der Waals surface area contributed by atoms with Gasteiger partial charge in [0, 0.05) is 21.1 Å². The maximum Gasteiger partial charge on any atom is 0.246 e. The molecule has 0 radical (unpaired) electrons. The number of hydrazone groups is 1. The van der Waals surface area contributed by atoms with E-state index in [9.17, 15) is 4.79 Å². The lowest BCUT2D eigenvalue weighted by molar-refractivity contribution is -0.120. The molecule has 1 N–H and O–H groups in total. The molecule has 0 fully saturated rings. The van der Waals surface area contributed by atoms with E-state index in [-0.39, 0.29) is 12.3 Å². The second kappa shape index (κ2) is 6.76. The molecular formula is C14H14BrN3OS. The van der Waals surface area contributed by atoms with Gasteiger partial charge in [-0.2, -0.15) is 5.10 Å². The molecule has 2 aromatic rings. The molecule has 4 nitrogen and oxygen atoms in total. The van der Waals surface area contributed by atoms with Crippen LogP contribution in [-0.2, 0) is 11.2 Å². The van der Waals surface area contributed by atoms with Crippen molar-refractivity contribution in [1.82, 2.24) is 10.4 Å². The Kier molecular flexibility index (Phi) is 5.03. The molecule has 0 aliphatic heterocycles. The number of hydrogen-bond donors (Lipinski definition) is 1. The summed E-state index contributed by atoms with van der Waals surface area (Å²) in [6, 6.07) is 7.75. The van der Waals surface area contributed by atoms with Gasteiger partial charge in [-0.25, -0.2) is 10.4 Å². The predicted octanol–water partition coefficient (Wildman–Crippen LogP) is 3.30. The molecule has 6 heteroatoms. The van der Waals surface area contributed by atoms with Gasteiger partial charge in [0.25, 0.3) is 0 Å². The van der Waals surface area contributed by atoms with E-state index in [4.69, 9.17) is 0 Å². The summed E-state index contributed by atoms with van der Waals surface area (Å²) in [5.41, 5.74) is 5.20. The van der Waals surface area contributed by atoms with Gasteiger partial charge >= 0.3 is 0 Å². The molecule has 0 saturated carbocycles. The maximum atomic E-state index is 11.8. The third-order valence-corrected chi connectivity index (χ3v) is 4.25. The Morgan fingerprint density at radius 3 is 2.85 bits per heavy atom. The molecule has 0 aliphatic carbocycles. The highest BCUT2D eigenvalue weighted by Crippen LogP contribution is 2.16. The number of nitrogens with zero attached hydrogens (tertiary/aromatic N) is 2. The first-order valence-electron chi connectivity index (χ1n) is 6.05. The standard InChI is InChI=1S/C14H14BrN3OS/c1-9-8-20-14(16-9)7-13(19)18-17-10(2)11-5-3-4-6-12(11)15/h3-6,8H,7H2,1-2H3,(H,18,19)/b17-10-. The predicted molar refractivity (Wildman–Crippen MR) is 85.1 cm³/mol. The van der Waals surface area contributed by atoms with Crippen molar-refractivity contribution in [3.63, 3.8) is 0 Å². The molecule has 1 heterocycles. The van der Waals surface area contributed by atoms with Crippen LogP contribution >= 0.6 is 27.3 Å². The van der Waals surface area contributed by atoms with Crippen LogP contribution in [0.5, 0.6) is 0 Å². The van der Waals surface area contributed by atoms with E-state index < -0.39 is 0 Å². The van der Waals surface area contributed by atoms with Crippen LogP contribution in [-0.4, -0.2) is 16.6 Å². The molecule has 0 unspecified atom stereocenters. The zero-order chi connectivity index (χ0) is 14.5. The van der Waals surface area contributed by atoms with Crippen LogP contribution in [0.15, 0.2) is 39.2 Å². The first-order valence-corrected chi connectivity index (χ1v) is 7.72. The number of hydrogen-bond acceptors (Lipinski definition) is 4. The number of aromatic nitrogens is 1. The topological polar surface area (TPSA) is 54.4 Å². The van der Waals surface area contributed by atoms with Crippen molar-refractivity contribution in [1.29, 1.82) is 0 Å². The Hall–Kier alpha value is -1.53. The molecular weight excluding hydrogens is 338 g/mol. The highest BCUT2D eigenvalue weighted by Gasteiger charge is 2.07. The normalized spacial score (nSPS) is 11.4. The summed E-state index contributed by atoms with van der Waals surface area (Å²) in [7, 11) is 0. The summed E-state index contributed by atoms with van der Waals surface area (Å²) in [6.45, 7) is 3.76. The minimum atomic E-state index is -0.161. The number of nitrogens with one attached hydrogen (secondary N) is 1. The van der Waals surface area contributed by atoms with E-state index in [1.54, 1.807) is 0 Å². The largest absolute Gasteiger partial charge is 0.273 e. The lowest BCUT2D eigenvalue weighted by Crippen LogP contribution is -2.21. The number of amides is 1. The van der Waals surface area contributed by atoms with E-state index in [0.29, 0.717) is 0 Å². The summed E-state index contributed by atoms with van der Waals surface area (Å²) >= 11 is 4.94.